The molecule has 1 aromatic heterocycles. The molecular weight excluding hydrogens is 350 g/mol. The first-order chi connectivity index (χ1) is 11.0. The smallest absolute Gasteiger partial charge is 0.266 e. The molecule has 3 heterocycles. The number of piperazine rings is 1. The van der Waals surface area contributed by atoms with Crippen molar-refractivity contribution in [2.75, 3.05) is 39.8 Å². The van der Waals surface area contributed by atoms with E-state index in [9.17, 15) is 9.59 Å². The Morgan fingerprint density at radius 2 is 2.09 bits per heavy atom. The van der Waals surface area contributed by atoms with E-state index in [1.165, 1.54) is 16.7 Å². The second kappa shape index (κ2) is 7.12. The zero-order valence-electron chi connectivity index (χ0n) is 12.7. The zero-order valence-corrected chi connectivity index (χ0v) is 15.2. The van der Waals surface area contributed by atoms with E-state index in [4.69, 9.17) is 12.2 Å². The van der Waals surface area contributed by atoms with E-state index in [0.717, 1.165) is 18.0 Å². The Labute approximate surface area is 148 Å². The number of hydrogen-bond acceptors (Lipinski definition) is 6. The van der Waals surface area contributed by atoms with E-state index in [0.29, 0.717) is 22.3 Å². The maximum atomic E-state index is 12.5. The van der Waals surface area contributed by atoms with Gasteiger partial charge in [0.15, 0.2) is 0 Å². The van der Waals surface area contributed by atoms with Crippen LogP contribution in [-0.2, 0) is 9.59 Å². The Morgan fingerprint density at radius 3 is 2.74 bits per heavy atom. The minimum Gasteiger partial charge on any atom is -0.339 e. The van der Waals surface area contributed by atoms with Crippen LogP contribution < -0.4 is 0 Å². The largest absolute Gasteiger partial charge is 0.339 e. The Hall–Kier alpha value is -1.22. The fourth-order valence-electron chi connectivity index (χ4n) is 2.43. The number of likely N-dealkylation sites (N-methyl/N-ethyl adjacent to an activating group) is 1. The molecular formula is C15H17N3O2S3. The lowest BCUT2D eigenvalue weighted by molar-refractivity contribution is -0.136. The number of thiocarbonyl (C=S) groups is 1. The molecule has 0 unspecified atom stereocenters. The molecule has 3 rings (SSSR count). The van der Waals surface area contributed by atoms with Crippen molar-refractivity contribution in [1.29, 1.82) is 0 Å². The van der Waals surface area contributed by atoms with Crippen molar-refractivity contribution in [2.24, 2.45) is 0 Å². The first kappa shape index (κ1) is 16.6. The molecule has 0 bridgehead atoms. The average molecular weight is 368 g/mol. The number of thioether (sulfide) groups is 1. The quantitative estimate of drug-likeness (QED) is 0.601. The second-order valence-corrected chi connectivity index (χ2v) is 8.12. The van der Waals surface area contributed by atoms with Crippen molar-refractivity contribution in [3.05, 3.63) is 27.3 Å². The van der Waals surface area contributed by atoms with E-state index < -0.39 is 0 Å². The highest BCUT2D eigenvalue weighted by atomic mass is 32.2. The molecule has 0 aromatic carbocycles. The lowest BCUT2D eigenvalue weighted by Gasteiger charge is -2.33. The molecule has 2 amide bonds. The van der Waals surface area contributed by atoms with E-state index in [-0.39, 0.29) is 18.4 Å². The van der Waals surface area contributed by atoms with Crippen LogP contribution in [0.25, 0.3) is 6.08 Å². The van der Waals surface area contributed by atoms with Crippen LogP contribution in [0.2, 0.25) is 0 Å². The molecule has 0 saturated carbocycles. The summed E-state index contributed by atoms with van der Waals surface area (Å²) in [4.78, 5) is 31.9. The van der Waals surface area contributed by atoms with Crippen molar-refractivity contribution in [3.63, 3.8) is 0 Å². The number of rotatable bonds is 3. The van der Waals surface area contributed by atoms with Crippen LogP contribution in [0.4, 0.5) is 0 Å². The minimum atomic E-state index is -0.170. The van der Waals surface area contributed by atoms with Crippen LogP contribution in [0.5, 0.6) is 0 Å². The SMILES string of the molecule is CN1CCN(C(=O)CN2C(=O)C(=Cc3cccs3)SC2=S)CC1. The molecule has 0 atom stereocenters. The number of carbonyl (C=O) groups is 2. The summed E-state index contributed by atoms with van der Waals surface area (Å²) in [6, 6.07) is 3.89. The molecule has 0 N–H and O–H groups in total. The maximum Gasteiger partial charge on any atom is 0.266 e. The van der Waals surface area contributed by atoms with Crippen molar-refractivity contribution >= 4 is 57.5 Å². The summed E-state index contributed by atoms with van der Waals surface area (Å²) in [6.45, 7) is 3.17. The van der Waals surface area contributed by atoms with Gasteiger partial charge in [-0.05, 0) is 24.6 Å². The number of hydrogen-bond donors (Lipinski definition) is 0. The van der Waals surface area contributed by atoms with Gasteiger partial charge in [-0.2, -0.15) is 0 Å². The predicted octanol–water partition coefficient (Wildman–Crippen LogP) is 1.72. The first-order valence-corrected chi connectivity index (χ1v) is 9.40. The highest BCUT2D eigenvalue weighted by molar-refractivity contribution is 8.26. The van der Waals surface area contributed by atoms with Crippen LogP contribution in [0, 0.1) is 0 Å². The second-order valence-electron chi connectivity index (χ2n) is 5.47. The van der Waals surface area contributed by atoms with Gasteiger partial charge in [0.2, 0.25) is 5.91 Å². The molecule has 5 nitrogen and oxygen atoms in total. The molecule has 2 aliphatic heterocycles. The third-order valence-corrected chi connectivity index (χ3v) is 6.04. The summed E-state index contributed by atoms with van der Waals surface area (Å²) in [5.41, 5.74) is 0. The summed E-state index contributed by atoms with van der Waals surface area (Å²) >= 11 is 8.11. The molecule has 2 aliphatic rings. The normalized spacial score (nSPS) is 21.5. The molecule has 2 fully saturated rings. The van der Waals surface area contributed by atoms with E-state index in [1.807, 2.05) is 35.5 Å². The van der Waals surface area contributed by atoms with Gasteiger partial charge in [0, 0.05) is 31.1 Å². The highest BCUT2D eigenvalue weighted by Crippen LogP contribution is 2.33. The Balaban J connectivity index is 1.65. The molecule has 0 spiro atoms. The average Bonchev–Trinajstić information content (AvgIpc) is 3.12. The fraction of sp³-hybridized carbons (Fsp3) is 0.400. The number of nitrogens with zero attached hydrogens (tertiary/aromatic N) is 3. The van der Waals surface area contributed by atoms with Gasteiger partial charge in [0.1, 0.15) is 10.9 Å². The van der Waals surface area contributed by atoms with Gasteiger partial charge < -0.3 is 9.80 Å². The van der Waals surface area contributed by atoms with Crippen LogP contribution in [0.1, 0.15) is 4.88 Å². The minimum absolute atomic E-state index is 0.0354. The lowest BCUT2D eigenvalue weighted by atomic mass is 10.3. The molecule has 23 heavy (non-hydrogen) atoms. The van der Waals surface area contributed by atoms with Crippen molar-refractivity contribution < 1.29 is 9.59 Å². The van der Waals surface area contributed by atoms with Gasteiger partial charge in [-0.1, -0.05) is 30.0 Å². The third-order valence-electron chi connectivity index (χ3n) is 3.84. The molecule has 0 aliphatic carbocycles. The maximum absolute atomic E-state index is 12.5. The molecule has 0 radical (unpaired) electrons. The Bertz CT molecular complexity index is 649. The van der Waals surface area contributed by atoms with Gasteiger partial charge in [-0.3, -0.25) is 14.5 Å². The van der Waals surface area contributed by atoms with Crippen molar-refractivity contribution in [1.82, 2.24) is 14.7 Å². The van der Waals surface area contributed by atoms with Gasteiger partial charge in [0.05, 0.1) is 4.91 Å². The molecule has 2 saturated heterocycles. The summed E-state index contributed by atoms with van der Waals surface area (Å²) in [6.07, 6.45) is 1.84. The van der Waals surface area contributed by atoms with Gasteiger partial charge in [-0.15, -0.1) is 11.3 Å². The van der Waals surface area contributed by atoms with Crippen LogP contribution in [-0.4, -0.2) is 70.6 Å². The van der Waals surface area contributed by atoms with Gasteiger partial charge >= 0.3 is 0 Å². The standard InChI is InChI=1S/C15H17N3O2S3/c1-16-4-6-17(7-5-16)13(19)10-18-14(20)12(23-15(18)21)9-11-3-2-8-22-11/h2-3,8-9H,4-7,10H2,1H3. The van der Waals surface area contributed by atoms with E-state index in [1.54, 1.807) is 11.3 Å². The third kappa shape index (κ3) is 3.82. The number of amides is 2. The molecule has 8 heteroatoms. The topological polar surface area (TPSA) is 43.9 Å². The van der Waals surface area contributed by atoms with E-state index >= 15 is 0 Å². The summed E-state index contributed by atoms with van der Waals surface area (Å²) < 4.78 is 0.459. The monoisotopic (exact) mass is 367 g/mol. The summed E-state index contributed by atoms with van der Waals surface area (Å²) in [5.74, 6) is -0.206. The number of carbonyl (C=O) groups excluding carboxylic acids is 2. The number of thiophene rings is 1. The first-order valence-electron chi connectivity index (χ1n) is 7.30. The lowest BCUT2D eigenvalue weighted by Crippen LogP contribution is -2.50. The highest BCUT2D eigenvalue weighted by Gasteiger charge is 2.34. The van der Waals surface area contributed by atoms with E-state index in [2.05, 4.69) is 4.90 Å². The molecule has 1 aromatic rings. The summed E-state index contributed by atoms with van der Waals surface area (Å²) in [7, 11) is 2.04. The fourth-order valence-corrected chi connectivity index (χ4v) is 4.41. The van der Waals surface area contributed by atoms with Crippen molar-refractivity contribution in [3.8, 4) is 0 Å². The van der Waals surface area contributed by atoms with Crippen LogP contribution >= 0.6 is 35.3 Å². The predicted molar refractivity (Wildman–Crippen MR) is 98.3 cm³/mol. The summed E-state index contributed by atoms with van der Waals surface area (Å²) in [5, 5.41) is 1.96. The van der Waals surface area contributed by atoms with Crippen LogP contribution in [0.3, 0.4) is 0 Å². The van der Waals surface area contributed by atoms with Crippen molar-refractivity contribution in [2.45, 2.75) is 0 Å². The Kier molecular flexibility index (Phi) is 5.15. The van der Waals surface area contributed by atoms with Crippen LogP contribution in [0.15, 0.2) is 22.4 Å². The molecule has 122 valence electrons. The Morgan fingerprint density at radius 1 is 1.35 bits per heavy atom. The van der Waals surface area contributed by atoms with Gasteiger partial charge in [-0.25, -0.2) is 0 Å². The van der Waals surface area contributed by atoms with Gasteiger partial charge in [0.25, 0.3) is 5.91 Å². The zero-order chi connectivity index (χ0) is 16.4.